The van der Waals surface area contributed by atoms with Crippen molar-refractivity contribution in [2.75, 3.05) is 25.1 Å². The van der Waals surface area contributed by atoms with Gasteiger partial charge >= 0.3 is 5.97 Å². The van der Waals surface area contributed by atoms with Gasteiger partial charge in [0.05, 0.1) is 42.5 Å². The third kappa shape index (κ3) is 3.90. The highest BCUT2D eigenvalue weighted by atomic mass is 16.5. The molecule has 1 aromatic heterocycles. The SMILES string of the molecule is CCCOc1ccc([C@@H]2C(C(=O)OCC)=C(C)Nc3nc4ccccc4n32)cc1OCC. The number of nitrogens with one attached hydrogen (secondary N) is 1. The van der Waals surface area contributed by atoms with Gasteiger partial charge in [0.2, 0.25) is 5.95 Å². The van der Waals surface area contributed by atoms with Gasteiger partial charge in [0, 0.05) is 5.70 Å². The van der Waals surface area contributed by atoms with Crippen molar-refractivity contribution in [1.82, 2.24) is 9.55 Å². The number of carbonyl (C=O) groups is 1. The highest BCUT2D eigenvalue weighted by Gasteiger charge is 2.35. The van der Waals surface area contributed by atoms with E-state index in [2.05, 4.69) is 12.2 Å². The van der Waals surface area contributed by atoms with Crippen molar-refractivity contribution in [3.8, 4) is 11.5 Å². The highest BCUT2D eigenvalue weighted by Crippen LogP contribution is 2.42. The zero-order chi connectivity index (χ0) is 22.7. The molecule has 32 heavy (non-hydrogen) atoms. The molecule has 0 spiro atoms. The van der Waals surface area contributed by atoms with Gasteiger partial charge in [-0.25, -0.2) is 9.78 Å². The van der Waals surface area contributed by atoms with Crippen LogP contribution in [0.25, 0.3) is 11.0 Å². The Kier molecular flexibility index (Phi) is 6.35. The van der Waals surface area contributed by atoms with Crippen LogP contribution in [-0.2, 0) is 9.53 Å². The van der Waals surface area contributed by atoms with E-state index in [4.69, 9.17) is 19.2 Å². The van der Waals surface area contributed by atoms with Crippen molar-refractivity contribution in [2.45, 2.75) is 40.2 Å². The minimum atomic E-state index is -0.419. The van der Waals surface area contributed by atoms with E-state index in [-0.39, 0.29) is 5.97 Å². The Bertz CT molecular complexity index is 1170. The monoisotopic (exact) mass is 435 g/mol. The van der Waals surface area contributed by atoms with Gasteiger partial charge in [-0.3, -0.25) is 4.57 Å². The molecule has 0 saturated heterocycles. The summed E-state index contributed by atoms with van der Waals surface area (Å²) in [6.45, 7) is 9.11. The predicted octanol–water partition coefficient (Wildman–Crippen LogP) is 5.08. The highest BCUT2D eigenvalue weighted by molar-refractivity contribution is 5.94. The van der Waals surface area contributed by atoms with E-state index in [1.165, 1.54) is 0 Å². The van der Waals surface area contributed by atoms with Crippen molar-refractivity contribution >= 4 is 23.0 Å². The number of rotatable bonds is 8. The van der Waals surface area contributed by atoms with E-state index in [0.717, 1.165) is 28.7 Å². The molecule has 1 atom stereocenters. The fourth-order valence-electron chi connectivity index (χ4n) is 4.05. The Labute approximate surface area is 188 Å². The van der Waals surface area contributed by atoms with Gasteiger partial charge < -0.3 is 19.5 Å². The van der Waals surface area contributed by atoms with Gasteiger partial charge in [-0.05, 0) is 57.0 Å². The number of anilines is 1. The van der Waals surface area contributed by atoms with E-state index < -0.39 is 6.04 Å². The van der Waals surface area contributed by atoms with Crippen LogP contribution in [0.3, 0.4) is 0 Å². The lowest BCUT2D eigenvalue weighted by molar-refractivity contribution is -0.139. The fourth-order valence-corrected chi connectivity index (χ4v) is 4.05. The molecule has 1 N–H and O–H groups in total. The molecule has 7 heteroatoms. The molecule has 0 aliphatic carbocycles. The van der Waals surface area contributed by atoms with Gasteiger partial charge in [0.1, 0.15) is 0 Å². The first-order valence-corrected chi connectivity index (χ1v) is 11.1. The standard InChI is InChI=1S/C25H29N3O4/c1-5-14-32-20-13-12-17(15-21(20)30-6-2)23-22(24(29)31-7-3)16(4)26-25-27-18-10-8-9-11-19(18)28(23)25/h8-13,15,23H,5-7,14H2,1-4H3,(H,26,27)/t23-/m1/s1. The van der Waals surface area contributed by atoms with Crippen molar-refractivity contribution in [3.05, 3.63) is 59.3 Å². The van der Waals surface area contributed by atoms with Crippen LogP contribution in [0.5, 0.6) is 11.5 Å². The molecule has 2 heterocycles. The molecule has 0 fully saturated rings. The van der Waals surface area contributed by atoms with Crippen LogP contribution >= 0.6 is 0 Å². The number of para-hydroxylation sites is 2. The second kappa shape index (κ2) is 9.34. The van der Waals surface area contributed by atoms with Crippen LogP contribution in [0.4, 0.5) is 5.95 Å². The topological polar surface area (TPSA) is 74.6 Å². The maximum absolute atomic E-state index is 13.1. The summed E-state index contributed by atoms with van der Waals surface area (Å²) in [5.41, 5.74) is 3.95. The lowest BCUT2D eigenvalue weighted by Crippen LogP contribution is -2.29. The quantitative estimate of drug-likeness (QED) is 0.498. The van der Waals surface area contributed by atoms with E-state index in [1.54, 1.807) is 0 Å². The minimum absolute atomic E-state index is 0.299. The van der Waals surface area contributed by atoms with Gasteiger partial charge in [0.25, 0.3) is 0 Å². The molecule has 7 nitrogen and oxygen atoms in total. The molecule has 0 radical (unpaired) electrons. The Balaban J connectivity index is 1.91. The average molecular weight is 436 g/mol. The van der Waals surface area contributed by atoms with Gasteiger partial charge in [-0.15, -0.1) is 0 Å². The number of allylic oxidation sites excluding steroid dienone is 1. The number of nitrogens with zero attached hydrogens (tertiary/aromatic N) is 2. The summed E-state index contributed by atoms with van der Waals surface area (Å²) in [5.74, 6) is 1.69. The third-order valence-electron chi connectivity index (χ3n) is 5.37. The van der Waals surface area contributed by atoms with E-state index >= 15 is 0 Å². The van der Waals surface area contributed by atoms with Crippen LogP contribution in [0.2, 0.25) is 0 Å². The van der Waals surface area contributed by atoms with E-state index in [9.17, 15) is 4.79 Å². The first-order valence-electron chi connectivity index (χ1n) is 11.1. The fraction of sp³-hybridized carbons (Fsp3) is 0.360. The molecule has 3 aromatic rings. The summed E-state index contributed by atoms with van der Waals surface area (Å²) < 4.78 is 19.3. The molecule has 0 bridgehead atoms. The molecule has 2 aromatic carbocycles. The Hall–Kier alpha value is -3.48. The molecular weight excluding hydrogens is 406 g/mol. The van der Waals surface area contributed by atoms with Crippen molar-refractivity contribution in [3.63, 3.8) is 0 Å². The summed E-state index contributed by atoms with van der Waals surface area (Å²) in [4.78, 5) is 17.8. The summed E-state index contributed by atoms with van der Waals surface area (Å²) in [6.07, 6.45) is 0.904. The van der Waals surface area contributed by atoms with Crippen molar-refractivity contribution in [2.24, 2.45) is 0 Å². The van der Waals surface area contributed by atoms with Gasteiger partial charge in [-0.2, -0.15) is 0 Å². The molecular formula is C25H29N3O4. The zero-order valence-corrected chi connectivity index (χ0v) is 19.0. The smallest absolute Gasteiger partial charge is 0.338 e. The second-order valence-electron chi connectivity index (χ2n) is 7.57. The number of hydrogen-bond donors (Lipinski definition) is 1. The van der Waals surface area contributed by atoms with Crippen LogP contribution in [0, 0.1) is 0 Å². The zero-order valence-electron chi connectivity index (χ0n) is 19.0. The number of ether oxygens (including phenoxy) is 3. The molecule has 0 saturated carbocycles. The van der Waals surface area contributed by atoms with E-state index in [1.807, 2.05) is 67.8 Å². The molecule has 0 unspecified atom stereocenters. The lowest BCUT2D eigenvalue weighted by Gasteiger charge is -2.30. The first kappa shape index (κ1) is 21.7. The van der Waals surface area contributed by atoms with Crippen molar-refractivity contribution in [1.29, 1.82) is 0 Å². The number of imidazole rings is 1. The van der Waals surface area contributed by atoms with Gasteiger partial charge in [-0.1, -0.05) is 25.1 Å². The molecule has 4 rings (SSSR count). The largest absolute Gasteiger partial charge is 0.490 e. The number of hydrogen-bond acceptors (Lipinski definition) is 6. The molecule has 0 amide bonds. The van der Waals surface area contributed by atoms with Crippen molar-refractivity contribution < 1.29 is 19.0 Å². The number of carbonyl (C=O) groups excluding carboxylic acids is 1. The summed E-state index contributed by atoms with van der Waals surface area (Å²) in [7, 11) is 0. The number of esters is 1. The van der Waals surface area contributed by atoms with Gasteiger partial charge in [0.15, 0.2) is 11.5 Å². The number of aromatic nitrogens is 2. The Morgan fingerprint density at radius 2 is 1.88 bits per heavy atom. The Morgan fingerprint density at radius 3 is 2.62 bits per heavy atom. The summed E-state index contributed by atoms with van der Waals surface area (Å²) in [6, 6.07) is 13.3. The van der Waals surface area contributed by atoms with Crippen LogP contribution in [0.1, 0.15) is 45.7 Å². The number of benzene rings is 2. The Morgan fingerprint density at radius 1 is 1.06 bits per heavy atom. The van der Waals surface area contributed by atoms with Crippen LogP contribution in [0.15, 0.2) is 53.7 Å². The lowest BCUT2D eigenvalue weighted by atomic mass is 9.94. The summed E-state index contributed by atoms with van der Waals surface area (Å²) >= 11 is 0. The van der Waals surface area contributed by atoms with Crippen LogP contribution in [-0.4, -0.2) is 35.3 Å². The third-order valence-corrected chi connectivity index (χ3v) is 5.37. The summed E-state index contributed by atoms with van der Waals surface area (Å²) in [5, 5.41) is 3.29. The predicted molar refractivity (Wildman–Crippen MR) is 124 cm³/mol. The maximum atomic E-state index is 13.1. The number of fused-ring (bicyclic) bond motifs is 3. The average Bonchev–Trinajstić information content (AvgIpc) is 3.15. The minimum Gasteiger partial charge on any atom is -0.490 e. The molecule has 1 aliphatic rings. The van der Waals surface area contributed by atoms with E-state index in [0.29, 0.717) is 42.8 Å². The normalized spacial score (nSPS) is 15.3. The maximum Gasteiger partial charge on any atom is 0.338 e. The first-order chi connectivity index (χ1) is 15.6. The molecule has 168 valence electrons. The second-order valence-corrected chi connectivity index (χ2v) is 7.57. The molecule has 1 aliphatic heterocycles. The van der Waals surface area contributed by atoms with Crippen LogP contribution < -0.4 is 14.8 Å².